The number of hydroxylamine groups is 1. The van der Waals surface area contributed by atoms with Gasteiger partial charge in [0.05, 0.1) is 25.3 Å². The third-order valence-electron chi connectivity index (χ3n) is 8.47. The van der Waals surface area contributed by atoms with Crippen LogP contribution in [0, 0.1) is 10.8 Å². The molecule has 1 saturated heterocycles. The number of hydrogen-bond donors (Lipinski definition) is 1. The first-order valence-corrected chi connectivity index (χ1v) is 13.6. The summed E-state index contributed by atoms with van der Waals surface area (Å²) in [5, 5.41) is 4.54. The Morgan fingerprint density at radius 2 is 1.17 bits per heavy atom. The molecule has 2 aliphatic rings. The molecule has 0 aromatic heterocycles. The summed E-state index contributed by atoms with van der Waals surface area (Å²) < 4.78 is 10.6. The van der Waals surface area contributed by atoms with Crippen molar-refractivity contribution in [1.82, 2.24) is 0 Å². The van der Waals surface area contributed by atoms with Crippen LogP contribution in [0.2, 0.25) is 0 Å². The Labute approximate surface area is 243 Å². The van der Waals surface area contributed by atoms with Gasteiger partial charge in [-0.25, -0.2) is 5.06 Å². The zero-order chi connectivity index (χ0) is 29.4. The van der Waals surface area contributed by atoms with E-state index in [2.05, 4.69) is 5.32 Å². The van der Waals surface area contributed by atoms with E-state index in [1.165, 1.54) is 19.3 Å². The number of anilines is 2. The lowest BCUT2D eigenvalue weighted by atomic mass is 9.66. The molecule has 4 aromatic rings. The van der Waals surface area contributed by atoms with Gasteiger partial charge in [-0.15, -0.1) is 0 Å². The van der Waals surface area contributed by atoms with Gasteiger partial charge in [-0.05, 0) is 41.8 Å². The van der Waals surface area contributed by atoms with Crippen LogP contribution in [0.4, 0.5) is 11.4 Å². The number of hydrogen-bond acceptors (Lipinski definition) is 7. The van der Waals surface area contributed by atoms with Gasteiger partial charge >= 0.3 is 11.9 Å². The van der Waals surface area contributed by atoms with E-state index < -0.39 is 40.3 Å². The Morgan fingerprint density at radius 3 is 1.64 bits per heavy atom. The van der Waals surface area contributed by atoms with Crippen molar-refractivity contribution in [2.75, 3.05) is 24.6 Å². The summed E-state index contributed by atoms with van der Waals surface area (Å²) in [5.74, 6) is -2.03. The van der Waals surface area contributed by atoms with Gasteiger partial charge in [0.25, 0.3) is 0 Å². The Balaban J connectivity index is 1.69. The molecule has 2 fully saturated rings. The second-order valence-corrected chi connectivity index (χ2v) is 10.5. The molecule has 1 heterocycles. The molecule has 0 bridgehead atoms. The zero-order valence-electron chi connectivity index (χ0n) is 23.2. The van der Waals surface area contributed by atoms with Gasteiger partial charge in [0, 0.05) is 5.69 Å². The molecule has 8 nitrogen and oxygen atoms in total. The highest BCUT2D eigenvalue weighted by Crippen LogP contribution is 2.80. The molecule has 2 atom stereocenters. The fourth-order valence-corrected chi connectivity index (χ4v) is 6.72. The van der Waals surface area contributed by atoms with E-state index in [-0.39, 0.29) is 6.42 Å². The summed E-state index contributed by atoms with van der Waals surface area (Å²) in [6.07, 6.45) is -0.0562. The molecule has 1 aliphatic heterocycles. The Hall–Kier alpha value is -4.95. The van der Waals surface area contributed by atoms with Crippen LogP contribution in [-0.2, 0) is 34.3 Å². The van der Waals surface area contributed by atoms with Crippen molar-refractivity contribution in [3.05, 3.63) is 132 Å². The average molecular weight is 563 g/mol. The summed E-state index contributed by atoms with van der Waals surface area (Å²) in [6.45, 7) is 0. The molecule has 1 amide bonds. The Bertz CT molecular complexity index is 1540. The smallest absolute Gasteiger partial charge is 0.324 e. The van der Waals surface area contributed by atoms with Gasteiger partial charge < -0.3 is 14.8 Å². The van der Waals surface area contributed by atoms with Crippen LogP contribution >= 0.6 is 0 Å². The summed E-state index contributed by atoms with van der Waals surface area (Å²) in [6, 6.07) is 35.8. The van der Waals surface area contributed by atoms with E-state index in [1.807, 2.05) is 109 Å². The minimum atomic E-state index is -1.86. The second kappa shape index (κ2) is 10.5. The number of nitrogens with one attached hydrogen (secondary N) is 1. The molecule has 1 spiro atoms. The monoisotopic (exact) mass is 562 g/mol. The van der Waals surface area contributed by atoms with Crippen molar-refractivity contribution in [2.24, 2.45) is 10.8 Å². The Morgan fingerprint density at radius 1 is 0.714 bits per heavy atom. The number of ether oxygens (including phenoxy) is 2. The highest BCUT2D eigenvalue weighted by Gasteiger charge is 2.93. The number of carbonyl (C=O) groups is 3. The largest absolute Gasteiger partial charge is 0.468 e. The molecule has 8 heteroatoms. The predicted molar refractivity (Wildman–Crippen MR) is 156 cm³/mol. The summed E-state index contributed by atoms with van der Waals surface area (Å²) >= 11 is 0. The second-order valence-electron chi connectivity index (χ2n) is 10.5. The van der Waals surface area contributed by atoms with Crippen molar-refractivity contribution in [3.63, 3.8) is 0 Å². The van der Waals surface area contributed by atoms with E-state index in [0.29, 0.717) is 22.5 Å². The highest BCUT2D eigenvalue weighted by atomic mass is 16.7. The molecule has 2 unspecified atom stereocenters. The normalized spacial score (nSPS) is 21.4. The first-order chi connectivity index (χ1) is 20.5. The van der Waals surface area contributed by atoms with Crippen molar-refractivity contribution >= 4 is 29.2 Å². The minimum absolute atomic E-state index is 0.0562. The molecule has 1 aliphatic carbocycles. The van der Waals surface area contributed by atoms with Gasteiger partial charge in [0.2, 0.25) is 5.91 Å². The van der Waals surface area contributed by atoms with Crippen LogP contribution in [0.1, 0.15) is 17.5 Å². The maximum atomic E-state index is 14.6. The van der Waals surface area contributed by atoms with E-state index in [4.69, 9.17) is 14.3 Å². The van der Waals surface area contributed by atoms with Gasteiger partial charge in [0.15, 0.2) is 11.0 Å². The lowest BCUT2D eigenvalue weighted by molar-refractivity contribution is -0.166. The number of para-hydroxylation sites is 2. The lowest BCUT2D eigenvalue weighted by Crippen LogP contribution is -2.52. The number of esters is 2. The maximum absolute atomic E-state index is 14.6. The quantitative estimate of drug-likeness (QED) is 0.247. The van der Waals surface area contributed by atoms with Crippen molar-refractivity contribution in [2.45, 2.75) is 18.1 Å². The molecule has 6 rings (SSSR count). The van der Waals surface area contributed by atoms with Crippen LogP contribution < -0.4 is 10.4 Å². The van der Waals surface area contributed by atoms with Gasteiger partial charge in [-0.1, -0.05) is 97.1 Å². The number of methoxy groups -OCH3 is 2. The lowest BCUT2D eigenvalue weighted by Gasteiger charge is -2.37. The molecule has 1 saturated carbocycles. The van der Waals surface area contributed by atoms with E-state index in [0.717, 1.165) is 0 Å². The molecular formula is C34H30N2O6. The van der Waals surface area contributed by atoms with Gasteiger partial charge in [-0.2, -0.15) is 0 Å². The van der Waals surface area contributed by atoms with Crippen LogP contribution in [0.5, 0.6) is 0 Å². The van der Waals surface area contributed by atoms with Gasteiger partial charge in [0.1, 0.15) is 6.04 Å². The van der Waals surface area contributed by atoms with Crippen LogP contribution in [-0.4, -0.2) is 38.1 Å². The third-order valence-corrected chi connectivity index (χ3v) is 8.47. The molecular weight excluding hydrogens is 532 g/mol. The number of benzene rings is 4. The van der Waals surface area contributed by atoms with Crippen molar-refractivity contribution < 1.29 is 28.7 Å². The summed E-state index contributed by atoms with van der Waals surface area (Å²) in [4.78, 5) is 49.3. The molecule has 1 N–H and O–H groups in total. The number of nitrogens with zero attached hydrogens (tertiary/aromatic N) is 1. The zero-order valence-corrected chi connectivity index (χ0v) is 23.2. The fraction of sp³-hybridized carbons (Fsp3) is 0.206. The third kappa shape index (κ3) is 3.75. The first-order valence-electron chi connectivity index (χ1n) is 13.6. The number of rotatable bonds is 7. The minimum Gasteiger partial charge on any atom is -0.468 e. The highest BCUT2D eigenvalue weighted by molar-refractivity contribution is 6.09. The summed E-state index contributed by atoms with van der Waals surface area (Å²) in [7, 11) is 2.46. The molecule has 0 radical (unpaired) electrons. The topological polar surface area (TPSA) is 94.2 Å². The number of amides is 1. The maximum Gasteiger partial charge on any atom is 0.324 e. The van der Waals surface area contributed by atoms with E-state index >= 15 is 0 Å². The van der Waals surface area contributed by atoms with E-state index in [1.54, 1.807) is 12.1 Å². The van der Waals surface area contributed by atoms with Crippen molar-refractivity contribution in [1.29, 1.82) is 0 Å². The predicted octanol–water partition coefficient (Wildman–Crippen LogP) is 5.11. The summed E-state index contributed by atoms with van der Waals surface area (Å²) in [5.41, 5.74) is -2.35. The molecule has 42 heavy (non-hydrogen) atoms. The van der Waals surface area contributed by atoms with Crippen molar-refractivity contribution in [3.8, 4) is 0 Å². The van der Waals surface area contributed by atoms with Gasteiger partial charge in [-0.3, -0.25) is 19.2 Å². The molecule has 4 aromatic carbocycles. The standard InChI is InChI=1S/C34H30N2O6/c1-40-30(38)32(31(39)41-2)23-33(32)28(29(37)35-26-19-11-5-12-20-26)36(27-21-13-6-14-22-27)42-34(33,24-15-7-3-8-16-24)25-17-9-4-10-18-25/h3-22,28H,23H2,1-2H3,(H,35,37). The average Bonchev–Trinajstić information content (AvgIpc) is 3.65. The number of carbonyl (C=O) groups excluding carboxylic acids is 3. The van der Waals surface area contributed by atoms with Crippen LogP contribution in [0.15, 0.2) is 121 Å². The molecule has 212 valence electrons. The fourth-order valence-electron chi connectivity index (χ4n) is 6.72. The first kappa shape index (κ1) is 27.2. The van der Waals surface area contributed by atoms with Crippen LogP contribution in [0.3, 0.4) is 0 Å². The SMILES string of the molecule is COC(=O)C1(C(=O)OC)CC12C(C(=O)Nc1ccccc1)N(c1ccccc1)OC2(c1ccccc1)c1ccccc1. The Kier molecular flexibility index (Phi) is 6.79. The van der Waals surface area contributed by atoms with E-state index in [9.17, 15) is 14.4 Å². The van der Waals surface area contributed by atoms with Crippen LogP contribution in [0.25, 0.3) is 0 Å².